The summed E-state index contributed by atoms with van der Waals surface area (Å²) in [6.45, 7) is 6.99. The second-order valence-electron chi connectivity index (χ2n) is 11.4. The molecule has 0 spiro atoms. The zero-order chi connectivity index (χ0) is 33.3. The van der Waals surface area contributed by atoms with E-state index in [1.165, 1.54) is 20.3 Å². The van der Waals surface area contributed by atoms with Crippen LogP contribution in [0.4, 0.5) is 10.5 Å². The second kappa shape index (κ2) is 16.1. The second-order valence-corrected chi connectivity index (χ2v) is 11.4. The number of carbonyl (C=O) groups is 4. The highest BCUT2D eigenvalue weighted by atomic mass is 16.6. The number of fused-ring (bicyclic) bond motifs is 2. The number of Topliss-reactive ketones (excluding diaryl/α,β-unsaturated/α-hetero) is 1. The molecule has 11 heteroatoms. The Balaban J connectivity index is 2.09. The van der Waals surface area contributed by atoms with Gasteiger partial charge in [0.15, 0.2) is 6.10 Å². The minimum Gasteiger partial charge on any atom is -0.439 e. The predicted octanol–water partition coefficient (Wildman–Crippen LogP) is 3.87. The lowest BCUT2D eigenvalue weighted by atomic mass is 9.85. The van der Waals surface area contributed by atoms with Crippen LogP contribution in [0.5, 0.6) is 0 Å². The van der Waals surface area contributed by atoms with Crippen LogP contribution in [0.2, 0.25) is 0 Å². The summed E-state index contributed by atoms with van der Waals surface area (Å²) >= 11 is 0. The number of aliphatic hydroxyl groups is 1. The summed E-state index contributed by atoms with van der Waals surface area (Å²) < 4.78 is 16.6. The Morgan fingerprint density at radius 2 is 1.76 bits per heavy atom. The third-order valence-electron chi connectivity index (χ3n) is 7.84. The SMILES string of the molecule is CO[C@@H]1/C=C\C=C(/C)C(=O)NC2=CC(=O)C(Nc3ccccc3)=C(C[C@@H](C)C[C@@H](OC)[C@@H](O)[C@H](C)/C=C(\C)[C@H]1OC(N)=O)C2=O. The Bertz CT molecular complexity index is 1430. The van der Waals surface area contributed by atoms with Crippen molar-refractivity contribution in [1.82, 2.24) is 5.32 Å². The minimum atomic E-state index is -1.00. The number of aliphatic hydroxyl groups excluding tert-OH is 1. The molecule has 2 aliphatic rings. The highest BCUT2D eigenvalue weighted by molar-refractivity contribution is 6.24. The maximum atomic E-state index is 13.8. The maximum absolute atomic E-state index is 13.8. The molecule has 0 saturated heterocycles. The van der Waals surface area contributed by atoms with Gasteiger partial charge in [-0.25, -0.2) is 4.79 Å². The average molecular weight is 622 g/mol. The smallest absolute Gasteiger partial charge is 0.405 e. The Kier molecular flexibility index (Phi) is 12.6. The average Bonchev–Trinajstić information content (AvgIpc) is 3.00. The Morgan fingerprint density at radius 3 is 2.38 bits per heavy atom. The largest absolute Gasteiger partial charge is 0.439 e. The van der Waals surface area contributed by atoms with Gasteiger partial charge in [0, 0.05) is 43.0 Å². The molecule has 2 amide bonds. The van der Waals surface area contributed by atoms with Gasteiger partial charge >= 0.3 is 6.09 Å². The van der Waals surface area contributed by atoms with E-state index in [9.17, 15) is 24.3 Å². The topological polar surface area (TPSA) is 166 Å². The number of benzene rings is 1. The van der Waals surface area contributed by atoms with E-state index < -0.39 is 53.9 Å². The number of nitrogens with one attached hydrogen (secondary N) is 2. The summed E-state index contributed by atoms with van der Waals surface area (Å²) in [7, 11) is 2.93. The summed E-state index contributed by atoms with van der Waals surface area (Å²) in [5, 5.41) is 17.0. The van der Waals surface area contributed by atoms with Gasteiger partial charge in [-0.3, -0.25) is 14.4 Å². The zero-order valence-corrected chi connectivity index (χ0v) is 26.5. The maximum Gasteiger partial charge on any atom is 0.405 e. The molecule has 1 aliphatic heterocycles. The van der Waals surface area contributed by atoms with Crippen molar-refractivity contribution in [1.29, 1.82) is 0 Å². The fourth-order valence-corrected chi connectivity index (χ4v) is 5.39. The molecule has 45 heavy (non-hydrogen) atoms. The van der Waals surface area contributed by atoms with Gasteiger partial charge in [0.1, 0.15) is 6.10 Å². The number of rotatable bonds is 5. The molecule has 0 saturated carbocycles. The molecule has 3 rings (SSSR count). The molecule has 242 valence electrons. The number of hydrogen-bond donors (Lipinski definition) is 4. The van der Waals surface area contributed by atoms with Gasteiger partial charge in [0.2, 0.25) is 11.6 Å². The van der Waals surface area contributed by atoms with E-state index >= 15 is 0 Å². The number of primary amides is 1. The quantitative estimate of drug-likeness (QED) is 0.282. The van der Waals surface area contributed by atoms with Crippen molar-refractivity contribution < 1.29 is 38.5 Å². The first kappa shape index (κ1) is 35.2. The third kappa shape index (κ3) is 9.34. The number of para-hydroxylation sites is 1. The summed E-state index contributed by atoms with van der Waals surface area (Å²) in [6.07, 6.45) is 3.73. The van der Waals surface area contributed by atoms with Gasteiger partial charge in [0.05, 0.1) is 23.6 Å². The van der Waals surface area contributed by atoms with Crippen molar-refractivity contribution in [3.05, 3.63) is 88.8 Å². The molecule has 1 aromatic carbocycles. The van der Waals surface area contributed by atoms with Gasteiger partial charge in [-0.1, -0.05) is 56.4 Å². The molecule has 0 fully saturated rings. The van der Waals surface area contributed by atoms with Crippen LogP contribution in [0.25, 0.3) is 0 Å². The first-order valence-electron chi connectivity index (χ1n) is 14.8. The number of carbonyl (C=O) groups excluding carboxylic acids is 4. The van der Waals surface area contributed by atoms with Crippen LogP contribution >= 0.6 is 0 Å². The highest BCUT2D eigenvalue weighted by Gasteiger charge is 2.33. The van der Waals surface area contributed by atoms with Crippen molar-refractivity contribution in [3.63, 3.8) is 0 Å². The van der Waals surface area contributed by atoms with E-state index in [-0.39, 0.29) is 34.9 Å². The first-order valence-corrected chi connectivity index (χ1v) is 14.8. The summed E-state index contributed by atoms with van der Waals surface area (Å²) in [5.41, 5.74) is 7.03. The van der Waals surface area contributed by atoms with E-state index in [2.05, 4.69) is 10.6 Å². The Labute approximate surface area is 263 Å². The molecule has 6 atom stereocenters. The zero-order valence-electron chi connectivity index (χ0n) is 26.5. The minimum absolute atomic E-state index is 0.129. The van der Waals surface area contributed by atoms with Crippen LogP contribution in [0.3, 0.4) is 0 Å². The van der Waals surface area contributed by atoms with Crippen molar-refractivity contribution in [2.45, 2.75) is 65.0 Å². The molecule has 0 unspecified atom stereocenters. The molecule has 2 bridgehead atoms. The highest BCUT2D eigenvalue weighted by Crippen LogP contribution is 2.30. The number of anilines is 1. The third-order valence-corrected chi connectivity index (χ3v) is 7.84. The predicted molar refractivity (Wildman–Crippen MR) is 170 cm³/mol. The monoisotopic (exact) mass is 621 g/mol. The van der Waals surface area contributed by atoms with Gasteiger partial charge < -0.3 is 35.7 Å². The lowest BCUT2D eigenvalue weighted by molar-refractivity contribution is -0.120. The Hall–Kier alpha value is -4.32. The molecule has 1 aromatic rings. The molecule has 5 N–H and O–H groups in total. The number of amides is 2. The summed E-state index contributed by atoms with van der Waals surface area (Å²) in [6, 6.07) is 9.01. The molecule has 1 heterocycles. The number of ketones is 2. The van der Waals surface area contributed by atoms with Crippen molar-refractivity contribution in [2.75, 3.05) is 19.5 Å². The fraction of sp³-hybridized carbons (Fsp3) is 0.412. The van der Waals surface area contributed by atoms with E-state index in [0.29, 0.717) is 17.7 Å². The number of methoxy groups -OCH3 is 2. The summed E-state index contributed by atoms with van der Waals surface area (Å²) in [4.78, 5) is 52.0. The fourth-order valence-electron chi connectivity index (χ4n) is 5.39. The van der Waals surface area contributed by atoms with E-state index in [0.717, 1.165) is 6.08 Å². The number of allylic oxidation sites excluding steroid dienone is 4. The van der Waals surface area contributed by atoms with E-state index in [4.69, 9.17) is 19.9 Å². The normalized spacial score (nSPS) is 30.3. The van der Waals surface area contributed by atoms with E-state index in [1.54, 1.807) is 63.3 Å². The van der Waals surface area contributed by atoms with E-state index in [1.807, 2.05) is 13.0 Å². The van der Waals surface area contributed by atoms with Gasteiger partial charge in [-0.2, -0.15) is 0 Å². The number of nitrogens with two attached hydrogens (primary N) is 1. The number of ether oxygens (including phenoxy) is 3. The standard InChI is InChI=1S/C34H43N3O8/c1-19-15-24-29(36-23-12-8-7-9-13-23)26(38)18-25(31(24)40)37-33(41)20(2)11-10-14-27(43-5)32(45-34(35)42)22(4)17-21(3)30(39)28(16-19)44-6/h7-14,17-19,21,27-28,30,32,36,39H,15-16H2,1-6H3,(H2,35,42)(H,37,41)/b14-10-,20-11+,22-17+/t19-,21-,27-,28-,30+,32-/m1/s1. The van der Waals surface area contributed by atoms with Crippen LogP contribution in [0.1, 0.15) is 40.5 Å². The molecule has 0 aromatic heterocycles. The summed E-state index contributed by atoms with van der Waals surface area (Å²) in [5.74, 6) is -2.20. The van der Waals surface area contributed by atoms with Crippen LogP contribution < -0.4 is 16.4 Å². The molecular weight excluding hydrogens is 578 g/mol. The van der Waals surface area contributed by atoms with Gasteiger partial charge in [-0.15, -0.1) is 0 Å². The van der Waals surface area contributed by atoms with Crippen LogP contribution in [0.15, 0.2) is 88.8 Å². The van der Waals surface area contributed by atoms with Crippen LogP contribution in [-0.4, -0.2) is 67.3 Å². The molecule has 1 aliphatic carbocycles. The van der Waals surface area contributed by atoms with Crippen LogP contribution in [-0.2, 0) is 28.6 Å². The van der Waals surface area contributed by atoms with Crippen molar-refractivity contribution in [3.8, 4) is 0 Å². The molecule has 0 radical (unpaired) electrons. The first-order chi connectivity index (χ1) is 21.4. The number of hydrogen-bond acceptors (Lipinski definition) is 9. The van der Waals surface area contributed by atoms with Gasteiger partial charge in [0.25, 0.3) is 5.91 Å². The Morgan fingerprint density at radius 1 is 1.07 bits per heavy atom. The molecular formula is C34H43N3O8. The van der Waals surface area contributed by atoms with Crippen molar-refractivity contribution >= 4 is 29.3 Å². The van der Waals surface area contributed by atoms with Gasteiger partial charge in [-0.05, 0) is 50.3 Å². The molecule has 11 nitrogen and oxygen atoms in total. The lowest BCUT2D eigenvalue weighted by Crippen LogP contribution is -2.37. The van der Waals surface area contributed by atoms with Crippen molar-refractivity contribution in [2.24, 2.45) is 17.6 Å². The lowest BCUT2D eigenvalue weighted by Gasteiger charge is -2.30. The van der Waals surface area contributed by atoms with Crippen LogP contribution in [0, 0.1) is 11.8 Å².